The zero-order chi connectivity index (χ0) is 14.5. The molecule has 0 spiro atoms. The molecule has 1 fully saturated rings. The number of rotatable bonds is 4. The lowest BCUT2D eigenvalue weighted by molar-refractivity contribution is -0.119. The highest BCUT2D eigenvalue weighted by molar-refractivity contribution is 7.99. The molecule has 5 N–H and O–H groups in total. The second-order valence-corrected chi connectivity index (χ2v) is 6.17. The average molecular weight is 295 g/mol. The summed E-state index contributed by atoms with van der Waals surface area (Å²) in [5.74, 6) is 1.49. The highest BCUT2D eigenvalue weighted by Gasteiger charge is 2.22. The summed E-state index contributed by atoms with van der Waals surface area (Å²) in [6.45, 7) is 2.19. The molecule has 1 amide bonds. The van der Waals surface area contributed by atoms with Gasteiger partial charge in [-0.2, -0.15) is 0 Å². The Bertz CT molecular complexity index is 462. The Balaban J connectivity index is 1.82. The standard InChI is InChI=1S/C13H21N5OS/c1-8-4-2-3-5-9(8)16-12(19)7-20-13-17-10(14)6-11(15)18-13/h6,8-9H,2-5,7H2,1H3,(H,16,19)(H4,14,15,17,18)/t8-,9+/m0/s1. The first-order chi connectivity index (χ1) is 9.54. The molecule has 0 aliphatic heterocycles. The van der Waals surface area contributed by atoms with E-state index in [9.17, 15) is 4.79 Å². The lowest BCUT2D eigenvalue weighted by Gasteiger charge is -2.29. The number of hydrogen-bond acceptors (Lipinski definition) is 6. The fourth-order valence-electron chi connectivity index (χ4n) is 2.44. The highest BCUT2D eigenvalue weighted by Crippen LogP contribution is 2.24. The number of carbonyl (C=O) groups is 1. The number of amides is 1. The van der Waals surface area contributed by atoms with E-state index in [1.165, 1.54) is 37.1 Å². The van der Waals surface area contributed by atoms with Crippen LogP contribution in [0.4, 0.5) is 11.6 Å². The summed E-state index contributed by atoms with van der Waals surface area (Å²) in [7, 11) is 0. The highest BCUT2D eigenvalue weighted by atomic mass is 32.2. The van der Waals surface area contributed by atoms with E-state index in [1.807, 2.05) is 0 Å². The molecule has 7 heteroatoms. The van der Waals surface area contributed by atoms with Crippen molar-refractivity contribution in [2.45, 2.75) is 43.8 Å². The number of nitrogens with two attached hydrogens (primary N) is 2. The summed E-state index contributed by atoms with van der Waals surface area (Å²) in [4.78, 5) is 20.0. The molecule has 1 saturated carbocycles. The fourth-order valence-corrected chi connectivity index (χ4v) is 3.12. The quantitative estimate of drug-likeness (QED) is 0.573. The molecule has 1 aromatic rings. The Morgan fingerprint density at radius 2 is 2.00 bits per heavy atom. The molecule has 20 heavy (non-hydrogen) atoms. The molecule has 0 unspecified atom stereocenters. The molecule has 1 aromatic heterocycles. The molecule has 110 valence electrons. The largest absolute Gasteiger partial charge is 0.383 e. The molecular weight excluding hydrogens is 274 g/mol. The monoisotopic (exact) mass is 295 g/mol. The first-order valence-corrected chi connectivity index (χ1v) is 7.85. The molecule has 2 atom stereocenters. The van der Waals surface area contributed by atoms with Gasteiger partial charge in [-0.15, -0.1) is 0 Å². The zero-order valence-electron chi connectivity index (χ0n) is 11.6. The second kappa shape index (κ2) is 6.78. The van der Waals surface area contributed by atoms with Crippen LogP contribution >= 0.6 is 11.8 Å². The van der Waals surface area contributed by atoms with Crippen molar-refractivity contribution in [2.75, 3.05) is 17.2 Å². The van der Waals surface area contributed by atoms with Gasteiger partial charge in [0, 0.05) is 12.1 Å². The van der Waals surface area contributed by atoms with Crippen LogP contribution in [0.2, 0.25) is 0 Å². The third kappa shape index (κ3) is 4.26. The summed E-state index contributed by atoms with van der Waals surface area (Å²) in [5.41, 5.74) is 11.2. The fraction of sp³-hybridized carbons (Fsp3) is 0.615. The van der Waals surface area contributed by atoms with Crippen LogP contribution in [0.15, 0.2) is 11.2 Å². The topological polar surface area (TPSA) is 107 Å². The van der Waals surface area contributed by atoms with Gasteiger partial charge in [0.25, 0.3) is 0 Å². The van der Waals surface area contributed by atoms with Gasteiger partial charge in [-0.05, 0) is 18.8 Å². The SMILES string of the molecule is C[C@H]1CCCC[C@H]1NC(=O)CSc1nc(N)cc(N)n1. The number of carbonyl (C=O) groups excluding carboxylic acids is 1. The Labute approximate surface area is 123 Å². The molecular formula is C13H21N5OS. The second-order valence-electron chi connectivity index (χ2n) is 5.22. The Kier molecular flexibility index (Phi) is 5.05. The van der Waals surface area contributed by atoms with Crippen LogP contribution in [-0.4, -0.2) is 27.7 Å². The van der Waals surface area contributed by atoms with Gasteiger partial charge < -0.3 is 16.8 Å². The molecule has 0 saturated heterocycles. The van der Waals surface area contributed by atoms with Crippen molar-refractivity contribution in [3.8, 4) is 0 Å². The van der Waals surface area contributed by atoms with Crippen LogP contribution in [0.3, 0.4) is 0 Å². The van der Waals surface area contributed by atoms with Crippen molar-refractivity contribution in [1.29, 1.82) is 0 Å². The lowest BCUT2D eigenvalue weighted by Crippen LogP contribution is -2.41. The van der Waals surface area contributed by atoms with Crippen LogP contribution in [-0.2, 0) is 4.79 Å². The summed E-state index contributed by atoms with van der Waals surface area (Å²) >= 11 is 1.25. The minimum Gasteiger partial charge on any atom is -0.383 e. The number of hydrogen-bond donors (Lipinski definition) is 3. The Morgan fingerprint density at radius 3 is 2.65 bits per heavy atom. The van der Waals surface area contributed by atoms with Crippen LogP contribution in [0, 0.1) is 5.92 Å². The first kappa shape index (κ1) is 14.9. The molecule has 0 bridgehead atoms. The van der Waals surface area contributed by atoms with Gasteiger partial charge in [-0.25, -0.2) is 9.97 Å². The van der Waals surface area contributed by atoms with Crippen molar-refractivity contribution in [3.05, 3.63) is 6.07 Å². The van der Waals surface area contributed by atoms with Crippen molar-refractivity contribution < 1.29 is 4.79 Å². The third-order valence-electron chi connectivity index (χ3n) is 3.54. The van der Waals surface area contributed by atoms with E-state index in [4.69, 9.17) is 11.5 Å². The van der Waals surface area contributed by atoms with E-state index in [1.54, 1.807) is 0 Å². The van der Waals surface area contributed by atoms with Crippen molar-refractivity contribution in [2.24, 2.45) is 5.92 Å². The number of anilines is 2. The van der Waals surface area contributed by atoms with Gasteiger partial charge in [0.05, 0.1) is 5.75 Å². The summed E-state index contributed by atoms with van der Waals surface area (Å²) < 4.78 is 0. The lowest BCUT2D eigenvalue weighted by atomic mass is 9.86. The minimum atomic E-state index is 0.0124. The Hall–Kier alpha value is -1.50. The summed E-state index contributed by atoms with van der Waals surface area (Å²) in [6, 6.07) is 1.79. The number of nitrogen functional groups attached to an aromatic ring is 2. The minimum absolute atomic E-state index is 0.0124. The van der Waals surface area contributed by atoms with Gasteiger partial charge in [0.1, 0.15) is 11.6 Å². The van der Waals surface area contributed by atoms with Gasteiger partial charge in [0.15, 0.2) is 5.16 Å². The van der Waals surface area contributed by atoms with E-state index < -0.39 is 0 Å². The smallest absolute Gasteiger partial charge is 0.230 e. The van der Waals surface area contributed by atoms with Gasteiger partial charge in [0.2, 0.25) is 5.91 Å². The van der Waals surface area contributed by atoms with Crippen molar-refractivity contribution in [1.82, 2.24) is 15.3 Å². The van der Waals surface area contributed by atoms with Gasteiger partial charge in [-0.3, -0.25) is 4.79 Å². The van der Waals surface area contributed by atoms with Gasteiger partial charge >= 0.3 is 0 Å². The molecule has 1 heterocycles. The molecule has 1 aliphatic rings. The normalized spacial score (nSPS) is 22.4. The maximum Gasteiger partial charge on any atom is 0.230 e. The molecule has 1 aliphatic carbocycles. The Morgan fingerprint density at radius 1 is 1.35 bits per heavy atom. The molecule has 0 radical (unpaired) electrons. The molecule has 2 rings (SSSR count). The predicted octanol–water partition coefficient (Wildman–Crippen LogP) is 1.43. The molecule has 0 aromatic carbocycles. The number of nitrogens with zero attached hydrogens (tertiary/aromatic N) is 2. The summed E-state index contributed by atoms with van der Waals surface area (Å²) in [5, 5.41) is 3.53. The zero-order valence-corrected chi connectivity index (χ0v) is 12.4. The number of nitrogens with one attached hydrogen (secondary N) is 1. The maximum atomic E-state index is 12.0. The third-order valence-corrected chi connectivity index (χ3v) is 4.38. The van der Waals surface area contributed by atoms with Crippen LogP contribution < -0.4 is 16.8 Å². The predicted molar refractivity (Wildman–Crippen MR) is 81.1 cm³/mol. The van der Waals surface area contributed by atoms with Crippen molar-refractivity contribution in [3.63, 3.8) is 0 Å². The number of thioether (sulfide) groups is 1. The van der Waals surface area contributed by atoms with E-state index in [2.05, 4.69) is 22.2 Å². The summed E-state index contributed by atoms with van der Waals surface area (Å²) in [6.07, 6.45) is 4.71. The van der Waals surface area contributed by atoms with E-state index in [0.717, 1.165) is 6.42 Å². The maximum absolute atomic E-state index is 12.0. The van der Waals surface area contributed by atoms with E-state index >= 15 is 0 Å². The van der Waals surface area contributed by atoms with Crippen LogP contribution in [0.1, 0.15) is 32.6 Å². The van der Waals surface area contributed by atoms with Crippen LogP contribution in [0.5, 0.6) is 0 Å². The van der Waals surface area contributed by atoms with E-state index in [0.29, 0.717) is 28.8 Å². The molecule has 6 nitrogen and oxygen atoms in total. The van der Waals surface area contributed by atoms with Crippen molar-refractivity contribution >= 4 is 29.3 Å². The number of aromatic nitrogens is 2. The average Bonchev–Trinajstić information content (AvgIpc) is 2.38. The first-order valence-electron chi connectivity index (χ1n) is 6.87. The van der Waals surface area contributed by atoms with Crippen LogP contribution in [0.25, 0.3) is 0 Å². The van der Waals surface area contributed by atoms with E-state index in [-0.39, 0.29) is 11.7 Å². The van der Waals surface area contributed by atoms with Gasteiger partial charge in [-0.1, -0.05) is 31.5 Å².